The lowest BCUT2D eigenvalue weighted by Crippen LogP contribution is -2.59. The second-order valence-electron chi connectivity index (χ2n) is 20.5. The molecule has 32 heteroatoms. The Morgan fingerprint density at radius 2 is 1.22 bits per heavy atom. The number of carbonyl (C=O) groups excluding carboxylic acids is 11. The number of nitrogens with two attached hydrogens (primary N) is 2. The molecule has 1 aliphatic heterocycles. The van der Waals surface area contributed by atoms with Gasteiger partial charge in [-0.1, -0.05) is 58.0 Å². The Labute approximate surface area is 501 Å². The maximum atomic E-state index is 15.0. The number of imide groups is 1. The number of para-hydroxylation sites is 2. The van der Waals surface area contributed by atoms with Crippen LogP contribution in [-0.2, 0) is 67.2 Å². The van der Waals surface area contributed by atoms with Gasteiger partial charge in [0, 0.05) is 77.9 Å². The van der Waals surface area contributed by atoms with Crippen LogP contribution in [0.3, 0.4) is 0 Å². The van der Waals surface area contributed by atoms with Crippen molar-refractivity contribution >= 4 is 115 Å². The summed E-state index contributed by atoms with van der Waals surface area (Å²) in [5, 5.41) is 31.0. The van der Waals surface area contributed by atoms with Gasteiger partial charge in [0.2, 0.25) is 53.7 Å². The van der Waals surface area contributed by atoms with E-state index in [0.29, 0.717) is 39.2 Å². The van der Waals surface area contributed by atoms with Crippen LogP contribution in [0.15, 0.2) is 78.4 Å². The van der Waals surface area contributed by atoms with Crippen molar-refractivity contribution < 1.29 is 52.7 Å². The van der Waals surface area contributed by atoms with Crippen molar-refractivity contribution in [1.29, 1.82) is 0 Å². The average molecular weight is 1230 g/mol. The van der Waals surface area contributed by atoms with Gasteiger partial charge in [-0.3, -0.25) is 63.6 Å². The molecule has 462 valence electrons. The largest absolute Gasteiger partial charge is 0.370 e. The maximum absolute atomic E-state index is 15.0. The molecule has 0 aliphatic carbocycles. The molecule has 19 N–H and O–H groups in total. The highest BCUT2D eigenvalue weighted by atomic mass is 33.1. The number of benzene rings is 2. The van der Waals surface area contributed by atoms with Crippen LogP contribution in [0.1, 0.15) is 71.2 Å². The summed E-state index contributed by atoms with van der Waals surface area (Å²) in [7, 11) is 1.41. The van der Waals surface area contributed by atoms with E-state index in [0.717, 1.165) is 27.4 Å². The van der Waals surface area contributed by atoms with Crippen LogP contribution in [0.25, 0.3) is 21.8 Å². The van der Waals surface area contributed by atoms with E-state index >= 15 is 4.79 Å². The van der Waals surface area contributed by atoms with Gasteiger partial charge in [-0.25, -0.2) is 9.78 Å². The van der Waals surface area contributed by atoms with Gasteiger partial charge in [0.1, 0.15) is 47.8 Å². The number of hydrogen-bond donors (Lipinski definition) is 17. The molecule has 86 heavy (non-hydrogen) atoms. The van der Waals surface area contributed by atoms with Crippen LogP contribution >= 0.6 is 21.6 Å². The van der Waals surface area contributed by atoms with Gasteiger partial charge in [-0.2, -0.15) is 0 Å². The summed E-state index contributed by atoms with van der Waals surface area (Å²) >= 11 is 0. The Balaban J connectivity index is 1.39. The molecule has 30 nitrogen and oxygen atoms in total. The number of H-pyrrole nitrogens is 3. The molecule has 2 unspecified atom stereocenters. The van der Waals surface area contributed by atoms with Crippen molar-refractivity contribution in [3.63, 3.8) is 0 Å². The van der Waals surface area contributed by atoms with Crippen molar-refractivity contribution in [2.45, 2.75) is 139 Å². The summed E-state index contributed by atoms with van der Waals surface area (Å²) in [6, 6.07) is 2.29. The van der Waals surface area contributed by atoms with Crippen LogP contribution in [0.5, 0.6) is 0 Å². The molecule has 0 radical (unpaired) electrons. The van der Waals surface area contributed by atoms with Crippen molar-refractivity contribution in [2.75, 3.05) is 6.54 Å². The third-order valence-electron chi connectivity index (χ3n) is 13.5. The first-order valence-corrected chi connectivity index (χ1v) is 29.7. The molecule has 5 aromatic rings. The first-order valence-electron chi connectivity index (χ1n) is 27.4. The Hall–Kier alpha value is -9.17. The van der Waals surface area contributed by atoms with E-state index in [1.165, 1.54) is 40.9 Å². The fourth-order valence-corrected chi connectivity index (χ4v) is 11.2. The zero-order valence-electron chi connectivity index (χ0n) is 48.0. The number of fused-ring (bicyclic) bond motifs is 2. The van der Waals surface area contributed by atoms with Crippen LogP contribution < -0.4 is 75.3 Å². The zero-order valence-corrected chi connectivity index (χ0v) is 49.6. The number of rotatable bonds is 20. The van der Waals surface area contributed by atoms with E-state index in [9.17, 15) is 47.9 Å². The molecule has 6 rings (SSSR count). The third-order valence-corrected chi connectivity index (χ3v) is 16.1. The predicted octanol–water partition coefficient (Wildman–Crippen LogP) is -2.01. The number of nitrogens with zero attached hydrogens (tertiary/aromatic N) is 2. The topological polar surface area (TPSA) is 457 Å². The minimum Gasteiger partial charge on any atom is -0.370 e. The second kappa shape index (κ2) is 31.6. The number of imidazole rings is 1. The average Bonchev–Trinajstić information content (AvgIpc) is 3.87. The number of carbonyl (C=O) groups is 11. The van der Waals surface area contributed by atoms with Crippen LogP contribution in [0, 0.1) is 0 Å². The van der Waals surface area contributed by atoms with Crippen molar-refractivity contribution in [2.24, 2.45) is 16.5 Å². The Morgan fingerprint density at radius 3 is 1.80 bits per heavy atom. The molecule has 0 saturated carbocycles. The molecular weight excluding hydrogens is 1150 g/mol. The molecule has 11 atom stereocenters. The van der Waals surface area contributed by atoms with Crippen molar-refractivity contribution in [3.8, 4) is 0 Å². The first-order chi connectivity index (χ1) is 41.0. The number of urea groups is 1. The monoisotopic (exact) mass is 1230 g/mol. The molecule has 0 bridgehead atoms. The van der Waals surface area contributed by atoms with Crippen LogP contribution in [0.2, 0.25) is 0 Å². The minimum atomic E-state index is -1.73. The molecule has 3 aromatic heterocycles. The fourth-order valence-electron chi connectivity index (χ4n) is 8.87. The highest BCUT2D eigenvalue weighted by molar-refractivity contribution is 8.77. The molecule has 2 aromatic carbocycles. The Kier molecular flexibility index (Phi) is 24.3. The molecule has 1 saturated heterocycles. The maximum Gasteiger partial charge on any atom is 0.321 e. The Bertz CT molecular complexity index is 3260. The third kappa shape index (κ3) is 19.4. The van der Waals surface area contributed by atoms with Crippen LogP contribution in [0.4, 0.5) is 4.79 Å². The van der Waals surface area contributed by atoms with Gasteiger partial charge < -0.3 is 79.6 Å². The lowest BCUT2D eigenvalue weighted by atomic mass is 10.0. The second-order valence-corrected chi connectivity index (χ2v) is 22.9. The summed E-state index contributed by atoms with van der Waals surface area (Å²) in [5.41, 5.74) is 12.9. The lowest BCUT2D eigenvalue weighted by molar-refractivity contribution is -0.134. The van der Waals surface area contributed by atoms with Gasteiger partial charge in [-0.05, 0) is 77.6 Å². The SMILES string of the molecule is C[C@H](Cc1cnc[nH]1)NC(=O)[C@H](C)NC1NC(=O)[C@H](Cc2c[nH]c3ccccc23)NC(=O)[C@H](C)NC(=O)[C@H](C)NC(=O)[C@H](C)NC(=O)[C@H](C)NC(=O)C(NC(=O)[C@H](Cc2c[nH]c3ccccc23)NC(=O)[C@H](CCCN=C(N)N)NC(=O)NC=O)SS1. The molecule has 4 heterocycles. The van der Waals surface area contributed by atoms with E-state index < -0.39 is 124 Å². The van der Waals surface area contributed by atoms with Crippen molar-refractivity contribution in [3.05, 3.63) is 90.3 Å². The minimum absolute atomic E-state index is 0.0394. The summed E-state index contributed by atoms with van der Waals surface area (Å²) < 4.78 is 0. The van der Waals surface area contributed by atoms with E-state index in [-0.39, 0.29) is 44.6 Å². The smallest absolute Gasteiger partial charge is 0.321 e. The van der Waals surface area contributed by atoms with Gasteiger partial charge >= 0.3 is 6.03 Å². The number of amides is 12. The molecular formula is C54H73N19O11S2. The predicted molar refractivity (Wildman–Crippen MR) is 321 cm³/mol. The normalized spacial score (nSPS) is 21.6. The van der Waals surface area contributed by atoms with Gasteiger partial charge in [0.25, 0.3) is 5.91 Å². The van der Waals surface area contributed by atoms with E-state index in [4.69, 9.17) is 11.5 Å². The summed E-state index contributed by atoms with van der Waals surface area (Å²) in [5.74, 6) is -7.67. The van der Waals surface area contributed by atoms with E-state index in [1.807, 2.05) is 23.5 Å². The number of aromatic amines is 3. The van der Waals surface area contributed by atoms with Gasteiger partial charge in [-0.15, -0.1) is 0 Å². The van der Waals surface area contributed by atoms with E-state index in [1.54, 1.807) is 55.8 Å². The van der Waals surface area contributed by atoms with Gasteiger partial charge in [0.15, 0.2) is 11.3 Å². The highest BCUT2D eigenvalue weighted by Gasteiger charge is 2.36. The molecule has 0 spiro atoms. The quantitative estimate of drug-likeness (QED) is 0.0132. The van der Waals surface area contributed by atoms with Gasteiger partial charge in [0.05, 0.1) is 12.4 Å². The fraction of sp³-hybridized carbons (Fsp3) is 0.426. The number of aromatic nitrogens is 4. The van der Waals surface area contributed by atoms with Crippen molar-refractivity contribution in [1.82, 2.24) is 83.7 Å². The number of aliphatic imine (C=N–C) groups is 1. The molecule has 1 aliphatic rings. The number of hydrogen-bond acceptors (Lipinski definition) is 16. The molecule has 12 amide bonds. The Morgan fingerprint density at radius 1 is 0.651 bits per heavy atom. The highest BCUT2D eigenvalue weighted by Crippen LogP contribution is 2.30. The van der Waals surface area contributed by atoms with E-state index in [2.05, 4.69) is 83.4 Å². The molecule has 1 fully saturated rings. The summed E-state index contributed by atoms with van der Waals surface area (Å²) in [6.45, 7) is 8.70. The number of nitrogens with one attached hydrogen (secondary N) is 15. The summed E-state index contributed by atoms with van der Waals surface area (Å²) in [4.78, 5) is 169. The number of guanidine groups is 1. The standard InChI is InChI=1S/C54H73N19O11S2/c1-26(18-34-23-57-24-61-34)63-42(75)31(6)68-54-73-49(82)41(20-33-22-60-38-15-10-8-13-36(33)38)69-46(79)30(5)66-44(77)28(3)64-43(76)27(2)65-45(78)29(4)67-50(83)51(85-86-54)72-48(81)40(19-32-21-59-37-14-9-7-12-35(32)37)70-47(80)39(71-53(84)62-25-74)16-11-17-58-52(55)56/h7-10,12-15,21-31,39-41,51,54,59-60,68H,11,16-20H2,1-6H3,(H,57,61)(H,63,75)(H,64,76)(H,65,78)(H,66,77)(H,67,83)(H,69,79)(H,70,80)(H,72,81)(H,73,82)(H4,55,56,58)(H2,62,71,74,84)/t26-,27+,28+,29+,30+,31+,39+,40+,41+,51?,54?/m1/s1. The summed E-state index contributed by atoms with van der Waals surface area (Å²) in [6.07, 6.45) is 6.61. The lowest BCUT2D eigenvalue weighted by Gasteiger charge is -2.29. The van der Waals surface area contributed by atoms with Crippen LogP contribution in [-0.4, -0.2) is 163 Å². The first kappa shape index (κ1) is 66.0. The zero-order chi connectivity index (χ0) is 62.6.